The van der Waals surface area contributed by atoms with Crippen molar-refractivity contribution in [2.45, 2.75) is 43.9 Å². The second-order valence-electron chi connectivity index (χ2n) is 8.31. The third-order valence-corrected chi connectivity index (χ3v) is 8.04. The van der Waals surface area contributed by atoms with Crippen LogP contribution >= 0.6 is 11.8 Å². The van der Waals surface area contributed by atoms with Crippen molar-refractivity contribution in [3.05, 3.63) is 71.3 Å². The molecule has 0 aromatic heterocycles. The van der Waals surface area contributed by atoms with E-state index in [0.29, 0.717) is 13.1 Å². The zero-order chi connectivity index (χ0) is 21.1. The second-order valence-corrected chi connectivity index (χ2v) is 9.77. The van der Waals surface area contributed by atoms with Gasteiger partial charge in [-0.25, -0.2) is 0 Å². The first-order chi connectivity index (χ1) is 14.5. The zero-order valence-corrected chi connectivity index (χ0v) is 18.7. The van der Waals surface area contributed by atoms with Gasteiger partial charge in [-0.1, -0.05) is 55.0 Å². The summed E-state index contributed by atoms with van der Waals surface area (Å²) in [6, 6.07) is 17.9. The number of benzene rings is 2. The van der Waals surface area contributed by atoms with Crippen molar-refractivity contribution in [1.29, 1.82) is 0 Å². The van der Waals surface area contributed by atoms with Gasteiger partial charge in [-0.15, -0.1) is 11.8 Å². The van der Waals surface area contributed by atoms with E-state index in [1.54, 1.807) is 0 Å². The van der Waals surface area contributed by atoms with E-state index in [0.717, 1.165) is 48.3 Å². The van der Waals surface area contributed by atoms with Crippen molar-refractivity contribution in [2.75, 3.05) is 25.4 Å². The molecule has 2 fully saturated rings. The maximum Gasteiger partial charge on any atom is 0.254 e. The molecule has 0 saturated carbocycles. The van der Waals surface area contributed by atoms with Gasteiger partial charge < -0.3 is 9.80 Å². The quantitative estimate of drug-likeness (QED) is 0.717. The Morgan fingerprint density at radius 3 is 2.30 bits per heavy atom. The maximum atomic E-state index is 13.2. The lowest BCUT2D eigenvalue weighted by Gasteiger charge is -2.44. The monoisotopic (exact) mass is 422 g/mol. The summed E-state index contributed by atoms with van der Waals surface area (Å²) >= 11 is 1.89. The van der Waals surface area contributed by atoms with Crippen molar-refractivity contribution in [3.63, 3.8) is 0 Å². The number of piperidine rings is 1. The molecule has 0 aliphatic carbocycles. The van der Waals surface area contributed by atoms with Crippen LogP contribution in [0.3, 0.4) is 0 Å². The van der Waals surface area contributed by atoms with Gasteiger partial charge in [-0.05, 0) is 43.9 Å². The number of carbonyl (C=O) groups is 2. The van der Waals surface area contributed by atoms with Crippen LogP contribution in [0.2, 0.25) is 0 Å². The molecule has 4 nitrogen and oxygen atoms in total. The molecule has 2 aromatic carbocycles. The van der Waals surface area contributed by atoms with Crippen LogP contribution < -0.4 is 0 Å². The summed E-state index contributed by atoms with van der Waals surface area (Å²) in [5, 5.41) is 0. The summed E-state index contributed by atoms with van der Waals surface area (Å²) in [5.41, 5.74) is 3.01. The molecular weight excluding hydrogens is 392 g/mol. The molecule has 4 rings (SSSR count). The summed E-state index contributed by atoms with van der Waals surface area (Å²) in [6.07, 6.45) is 2.48. The molecule has 30 heavy (non-hydrogen) atoms. The van der Waals surface area contributed by atoms with Crippen LogP contribution in [-0.2, 0) is 4.79 Å². The van der Waals surface area contributed by atoms with E-state index in [2.05, 4.69) is 11.8 Å². The van der Waals surface area contributed by atoms with Gasteiger partial charge in [-0.3, -0.25) is 9.59 Å². The Morgan fingerprint density at radius 2 is 1.67 bits per heavy atom. The smallest absolute Gasteiger partial charge is 0.254 e. The fourth-order valence-electron chi connectivity index (χ4n) is 4.70. The highest BCUT2D eigenvalue weighted by molar-refractivity contribution is 8.00. The zero-order valence-electron chi connectivity index (χ0n) is 17.8. The highest BCUT2D eigenvalue weighted by Crippen LogP contribution is 2.45. The first-order valence-electron chi connectivity index (χ1n) is 10.9. The number of hydrogen-bond donors (Lipinski definition) is 0. The van der Waals surface area contributed by atoms with E-state index < -0.39 is 0 Å². The summed E-state index contributed by atoms with van der Waals surface area (Å²) in [6.45, 7) is 6.33. The molecular formula is C25H30N2O2S. The molecule has 0 N–H and O–H groups in total. The Balaban J connectivity index is 1.45. The lowest BCUT2D eigenvalue weighted by molar-refractivity contribution is -0.134. The Kier molecular flexibility index (Phi) is 6.19. The molecule has 2 aliphatic heterocycles. The highest BCUT2D eigenvalue weighted by atomic mass is 32.2. The second kappa shape index (κ2) is 8.84. The molecule has 0 unspecified atom stereocenters. The lowest BCUT2D eigenvalue weighted by atomic mass is 9.93. The van der Waals surface area contributed by atoms with Gasteiger partial charge in [0, 0.05) is 31.0 Å². The van der Waals surface area contributed by atoms with Gasteiger partial charge in [-0.2, -0.15) is 0 Å². The van der Waals surface area contributed by atoms with Crippen molar-refractivity contribution < 1.29 is 9.59 Å². The highest BCUT2D eigenvalue weighted by Gasteiger charge is 2.47. The predicted molar refractivity (Wildman–Crippen MR) is 123 cm³/mol. The largest absolute Gasteiger partial charge is 0.342 e. The minimum atomic E-state index is -0.173. The number of hydrogen-bond acceptors (Lipinski definition) is 3. The molecule has 158 valence electrons. The van der Waals surface area contributed by atoms with E-state index in [1.807, 2.05) is 78.2 Å². The molecule has 5 heteroatoms. The molecule has 2 aliphatic rings. The van der Waals surface area contributed by atoms with Gasteiger partial charge in [0.1, 0.15) is 0 Å². The summed E-state index contributed by atoms with van der Waals surface area (Å²) in [5.74, 6) is 1.22. The van der Waals surface area contributed by atoms with Gasteiger partial charge in [0.15, 0.2) is 0 Å². The van der Waals surface area contributed by atoms with Crippen LogP contribution in [0.15, 0.2) is 54.6 Å². The number of amides is 2. The summed E-state index contributed by atoms with van der Waals surface area (Å²) in [7, 11) is 0. The third-order valence-electron chi connectivity index (χ3n) is 6.49. The molecule has 2 aromatic rings. The molecule has 2 saturated heterocycles. The Morgan fingerprint density at radius 1 is 1.00 bits per heavy atom. The van der Waals surface area contributed by atoms with Gasteiger partial charge in [0.05, 0.1) is 10.8 Å². The van der Waals surface area contributed by atoms with Crippen LogP contribution in [0.4, 0.5) is 0 Å². The fraction of sp³-hybridized carbons (Fsp3) is 0.440. The standard InChI is InChI=1S/C25H30N2O2S/c1-3-22(20-7-5-4-6-8-20)24(29)26-15-13-25(14-16-26)27(17-18-30-25)23(28)21-11-9-19(2)10-12-21/h4-12,22H,3,13-18H2,1-2H3/t22-/m0/s1. The summed E-state index contributed by atoms with van der Waals surface area (Å²) < 4.78 is 0. The molecule has 0 bridgehead atoms. The van der Waals surface area contributed by atoms with E-state index in [-0.39, 0.29) is 22.6 Å². The number of nitrogens with zero attached hydrogens (tertiary/aromatic N) is 2. The van der Waals surface area contributed by atoms with Crippen molar-refractivity contribution in [1.82, 2.24) is 9.80 Å². The van der Waals surface area contributed by atoms with Crippen LogP contribution in [0, 0.1) is 6.92 Å². The molecule has 1 atom stereocenters. The topological polar surface area (TPSA) is 40.6 Å². The summed E-state index contributed by atoms with van der Waals surface area (Å²) in [4.78, 5) is 30.4. The van der Waals surface area contributed by atoms with Crippen molar-refractivity contribution >= 4 is 23.6 Å². The molecule has 2 amide bonds. The van der Waals surface area contributed by atoms with E-state index >= 15 is 0 Å². The van der Waals surface area contributed by atoms with E-state index in [1.165, 1.54) is 0 Å². The van der Waals surface area contributed by atoms with Crippen LogP contribution in [0.25, 0.3) is 0 Å². The van der Waals surface area contributed by atoms with Crippen molar-refractivity contribution in [2.24, 2.45) is 0 Å². The van der Waals surface area contributed by atoms with E-state index in [9.17, 15) is 9.59 Å². The van der Waals surface area contributed by atoms with E-state index in [4.69, 9.17) is 0 Å². The first kappa shape index (κ1) is 21.0. The Bertz CT molecular complexity index is 889. The molecule has 2 heterocycles. The molecule has 1 spiro atoms. The van der Waals surface area contributed by atoms with Crippen LogP contribution in [0.5, 0.6) is 0 Å². The normalized spacial score (nSPS) is 19.1. The van der Waals surface area contributed by atoms with Gasteiger partial charge in [0.2, 0.25) is 5.91 Å². The van der Waals surface area contributed by atoms with Crippen LogP contribution in [-0.4, -0.2) is 51.9 Å². The average Bonchev–Trinajstić information content (AvgIpc) is 3.18. The predicted octanol–water partition coefficient (Wildman–Crippen LogP) is 4.70. The van der Waals surface area contributed by atoms with Gasteiger partial charge >= 0.3 is 0 Å². The Hall–Kier alpha value is -2.27. The SMILES string of the molecule is CC[C@H](C(=O)N1CCC2(CC1)SCCN2C(=O)c1ccc(C)cc1)c1ccccc1. The number of aryl methyl sites for hydroxylation is 1. The van der Waals surface area contributed by atoms with Crippen LogP contribution in [0.1, 0.15) is 53.6 Å². The number of thioether (sulfide) groups is 1. The minimum Gasteiger partial charge on any atom is -0.342 e. The number of rotatable bonds is 4. The number of likely N-dealkylation sites (tertiary alicyclic amines) is 1. The average molecular weight is 423 g/mol. The minimum absolute atomic E-state index is 0.0817. The number of carbonyl (C=O) groups excluding carboxylic acids is 2. The third kappa shape index (κ3) is 4.00. The lowest BCUT2D eigenvalue weighted by Crippen LogP contribution is -2.54. The first-order valence-corrected chi connectivity index (χ1v) is 11.9. The van der Waals surface area contributed by atoms with Crippen molar-refractivity contribution in [3.8, 4) is 0 Å². The van der Waals surface area contributed by atoms with Gasteiger partial charge in [0.25, 0.3) is 5.91 Å². The maximum absolute atomic E-state index is 13.2. The Labute approximate surface area is 183 Å². The molecule has 0 radical (unpaired) electrons. The fourth-order valence-corrected chi connectivity index (χ4v) is 6.15.